The number of thioether (sulfide) groups is 1. The molecule has 0 saturated heterocycles. The summed E-state index contributed by atoms with van der Waals surface area (Å²) in [4.78, 5) is 32.5. The lowest BCUT2D eigenvalue weighted by atomic mass is 10.0. The molecule has 4 rings (SSSR count). The minimum absolute atomic E-state index is 0.0912. The number of nitrogens with zero attached hydrogens (tertiary/aromatic N) is 3. The molecule has 6 nitrogen and oxygen atoms in total. The molecule has 0 saturated carbocycles. The maximum atomic E-state index is 13.0. The highest BCUT2D eigenvalue weighted by molar-refractivity contribution is 7.99. The molecule has 28 heavy (non-hydrogen) atoms. The van der Waals surface area contributed by atoms with Crippen molar-refractivity contribution in [1.82, 2.24) is 10.1 Å². The van der Waals surface area contributed by atoms with Gasteiger partial charge in [-0.15, -0.1) is 11.3 Å². The standard InChI is InChI=1S/C20H20N4O2S2/c1-4-11-27-20-21-18(26)17-14-7-5-6-8-15(14)23(13(3)25)19(24(17)22-20)16-10-9-12(2)28-16/h5-10,19H,4,11H2,1-3H3/p+1. The summed E-state index contributed by atoms with van der Waals surface area (Å²) < 4.78 is 1.71. The zero-order valence-corrected chi connectivity index (χ0v) is 17.6. The molecule has 1 amide bonds. The third kappa shape index (κ3) is 3.16. The molecule has 0 spiro atoms. The Hall–Kier alpha value is -2.45. The van der Waals surface area contributed by atoms with Crippen LogP contribution in [-0.4, -0.2) is 21.7 Å². The highest BCUT2D eigenvalue weighted by atomic mass is 32.2. The molecule has 0 fully saturated rings. The lowest BCUT2D eigenvalue weighted by molar-refractivity contribution is -0.762. The largest absolute Gasteiger partial charge is 0.325 e. The zero-order chi connectivity index (χ0) is 19.8. The van der Waals surface area contributed by atoms with E-state index in [4.69, 9.17) is 5.10 Å². The van der Waals surface area contributed by atoms with Gasteiger partial charge in [-0.25, -0.2) is 4.90 Å². The van der Waals surface area contributed by atoms with Crippen molar-refractivity contribution in [3.63, 3.8) is 0 Å². The van der Waals surface area contributed by atoms with Gasteiger partial charge in [-0.05, 0) is 42.3 Å². The van der Waals surface area contributed by atoms with Crippen LogP contribution in [-0.2, 0) is 4.79 Å². The van der Waals surface area contributed by atoms with Gasteiger partial charge in [0.15, 0.2) is 0 Å². The number of fused-ring (bicyclic) bond motifs is 3. The van der Waals surface area contributed by atoms with Crippen molar-refractivity contribution in [2.45, 2.75) is 38.5 Å². The van der Waals surface area contributed by atoms with Crippen LogP contribution in [0.15, 0.2) is 46.3 Å². The van der Waals surface area contributed by atoms with Crippen molar-refractivity contribution in [2.24, 2.45) is 0 Å². The van der Waals surface area contributed by atoms with Crippen molar-refractivity contribution in [2.75, 3.05) is 10.7 Å². The van der Waals surface area contributed by atoms with Gasteiger partial charge in [0, 0.05) is 22.7 Å². The molecule has 1 aliphatic rings. The Morgan fingerprint density at radius 1 is 1.32 bits per heavy atom. The number of hydrogen-bond acceptors (Lipinski definition) is 5. The Morgan fingerprint density at radius 2 is 2.11 bits per heavy atom. The molecule has 0 bridgehead atoms. The number of benzene rings is 1. The number of carbonyl (C=O) groups is 1. The van der Waals surface area contributed by atoms with Crippen molar-refractivity contribution in [1.29, 1.82) is 0 Å². The molecule has 0 radical (unpaired) electrons. The number of rotatable bonds is 4. The Morgan fingerprint density at radius 3 is 2.79 bits per heavy atom. The van der Waals surface area contributed by atoms with E-state index in [2.05, 4.69) is 11.9 Å². The van der Waals surface area contributed by atoms with Gasteiger partial charge in [0.05, 0.1) is 16.1 Å². The van der Waals surface area contributed by atoms with E-state index in [0.29, 0.717) is 16.4 Å². The minimum Gasteiger partial charge on any atom is -0.291 e. The van der Waals surface area contributed by atoms with E-state index in [1.807, 2.05) is 43.3 Å². The maximum absolute atomic E-state index is 13.0. The van der Waals surface area contributed by atoms with Gasteiger partial charge in [0.1, 0.15) is 0 Å². The second kappa shape index (κ2) is 7.52. The number of anilines is 1. The average molecular weight is 414 g/mol. The first-order chi connectivity index (χ1) is 13.5. The van der Waals surface area contributed by atoms with Crippen LogP contribution in [0, 0.1) is 6.92 Å². The third-order valence-corrected chi connectivity index (χ3v) is 6.67. The van der Waals surface area contributed by atoms with Crippen LogP contribution in [0.5, 0.6) is 0 Å². The molecule has 1 N–H and O–H groups in total. The number of nitrogens with one attached hydrogen (secondary N) is 1. The van der Waals surface area contributed by atoms with E-state index in [1.54, 1.807) is 27.8 Å². The molecule has 1 unspecified atom stereocenters. The van der Waals surface area contributed by atoms with Gasteiger partial charge in [-0.2, -0.15) is 0 Å². The predicted molar refractivity (Wildman–Crippen MR) is 112 cm³/mol. The van der Waals surface area contributed by atoms with Crippen molar-refractivity contribution >= 4 is 34.7 Å². The quantitative estimate of drug-likeness (QED) is 0.525. The number of H-pyrrole nitrogens is 1. The molecule has 2 aromatic heterocycles. The van der Waals surface area contributed by atoms with E-state index >= 15 is 0 Å². The molecule has 1 aliphatic heterocycles. The van der Waals surface area contributed by atoms with E-state index in [-0.39, 0.29) is 11.5 Å². The zero-order valence-electron chi connectivity index (χ0n) is 15.9. The summed E-state index contributed by atoms with van der Waals surface area (Å²) in [7, 11) is 0. The SMILES string of the molecule is CCCSc1n[n+]2c(c(=O)[nH]1)-c1ccccc1N(C(C)=O)C2c1ccc(C)s1. The van der Waals surface area contributed by atoms with Crippen LogP contribution in [0.1, 0.15) is 36.2 Å². The number of aromatic amines is 1. The molecule has 0 aliphatic carbocycles. The van der Waals surface area contributed by atoms with E-state index < -0.39 is 6.17 Å². The summed E-state index contributed by atoms with van der Waals surface area (Å²) in [6.07, 6.45) is 0.496. The van der Waals surface area contributed by atoms with Crippen LogP contribution in [0.2, 0.25) is 0 Å². The van der Waals surface area contributed by atoms with Gasteiger partial charge < -0.3 is 0 Å². The van der Waals surface area contributed by atoms with Crippen LogP contribution in [0.25, 0.3) is 11.3 Å². The molecular weight excluding hydrogens is 392 g/mol. The first-order valence-corrected chi connectivity index (χ1v) is 11.0. The lowest BCUT2D eigenvalue weighted by Gasteiger charge is -2.30. The van der Waals surface area contributed by atoms with Gasteiger partial charge in [0.2, 0.25) is 11.1 Å². The number of amides is 1. The Balaban J connectivity index is 2.02. The Labute approximate surface area is 171 Å². The number of para-hydroxylation sites is 1. The lowest BCUT2D eigenvalue weighted by Crippen LogP contribution is -2.60. The van der Waals surface area contributed by atoms with Gasteiger partial charge in [-0.3, -0.25) is 14.6 Å². The highest BCUT2D eigenvalue weighted by Crippen LogP contribution is 2.38. The maximum Gasteiger partial charge on any atom is 0.325 e. The van der Waals surface area contributed by atoms with Crippen molar-refractivity contribution < 1.29 is 9.48 Å². The normalized spacial score (nSPS) is 15.2. The average Bonchev–Trinajstić information content (AvgIpc) is 3.10. The first kappa shape index (κ1) is 18.9. The smallest absolute Gasteiger partial charge is 0.291 e. The molecule has 8 heteroatoms. The van der Waals surface area contributed by atoms with Crippen LogP contribution >= 0.6 is 23.1 Å². The second-order valence-corrected chi connectivity index (χ2v) is 9.03. The summed E-state index contributed by atoms with van der Waals surface area (Å²) in [5, 5.41) is 5.31. The summed E-state index contributed by atoms with van der Waals surface area (Å²) in [6, 6.07) is 11.5. The molecule has 3 heterocycles. The monoisotopic (exact) mass is 413 g/mol. The molecule has 1 atom stereocenters. The van der Waals surface area contributed by atoms with Crippen LogP contribution < -0.4 is 15.1 Å². The summed E-state index contributed by atoms with van der Waals surface area (Å²) in [5.74, 6) is 0.768. The molecule has 144 valence electrons. The van der Waals surface area contributed by atoms with E-state index in [0.717, 1.165) is 27.6 Å². The fourth-order valence-electron chi connectivity index (χ4n) is 3.43. The van der Waals surface area contributed by atoms with Crippen LogP contribution in [0.4, 0.5) is 5.69 Å². The van der Waals surface area contributed by atoms with E-state index in [1.165, 1.54) is 11.8 Å². The number of carbonyl (C=O) groups excluding carboxylic acids is 1. The highest BCUT2D eigenvalue weighted by Gasteiger charge is 2.45. The predicted octanol–water partition coefficient (Wildman–Crippen LogP) is 3.51. The number of thiophene rings is 1. The number of aryl methyl sites for hydroxylation is 1. The molecular formula is C20H21N4O2S2+. The minimum atomic E-state index is -0.482. The number of hydrogen-bond donors (Lipinski definition) is 1. The fraction of sp³-hybridized carbons (Fsp3) is 0.300. The first-order valence-electron chi connectivity index (χ1n) is 9.15. The summed E-state index contributed by atoms with van der Waals surface area (Å²) in [6.45, 7) is 5.67. The molecule has 1 aromatic carbocycles. The van der Waals surface area contributed by atoms with Crippen molar-refractivity contribution in [3.05, 3.63) is 56.5 Å². The van der Waals surface area contributed by atoms with Gasteiger partial charge in [0.25, 0.3) is 0 Å². The van der Waals surface area contributed by atoms with E-state index in [9.17, 15) is 9.59 Å². The Bertz CT molecular complexity index is 1110. The third-order valence-electron chi connectivity index (χ3n) is 4.56. The summed E-state index contributed by atoms with van der Waals surface area (Å²) >= 11 is 3.12. The van der Waals surface area contributed by atoms with Gasteiger partial charge in [-0.1, -0.05) is 30.8 Å². The summed E-state index contributed by atoms with van der Waals surface area (Å²) in [5.41, 5.74) is 1.72. The van der Waals surface area contributed by atoms with Gasteiger partial charge >= 0.3 is 17.4 Å². The topological polar surface area (TPSA) is 69.9 Å². The second-order valence-electron chi connectivity index (χ2n) is 6.63. The fourth-order valence-corrected chi connectivity index (χ4v) is 5.09. The van der Waals surface area contributed by atoms with Crippen LogP contribution in [0.3, 0.4) is 0 Å². The van der Waals surface area contributed by atoms with Crippen molar-refractivity contribution in [3.8, 4) is 11.3 Å². The molecule has 3 aromatic rings. The Kier molecular flexibility index (Phi) is 5.07. The number of aromatic nitrogens is 3.